The van der Waals surface area contributed by atoms with Gasteiger partial charge in [-0.3, -0.25) is 0 Å². The van der Waals surface area contributed by atoms with Crippen molar-refractivity contribution in [3.8, 4) is 0 Å². The van der Waals surface area contributed by atoms with E-state index in [4.69, 9.17) is 4.74 Å². The minimum Gasteiger partial charge on any atom is -0.396 e. The molecule has 3 N–H and O–H groups in total. The number of hydrogen-bond donors (Lipinski definition) is 3. The average molecular weight is 575 g/mol. The van der Waals surface area contributed by atoms with Gasteiger partial charge in [0.1, 0.15) is 0 Å². The number of rotatable bonds is 2. The molecular formula is C37H42N4O2. The lowest BCUT2D eigenvalue weighted by atomic mass is 9.53. The number of para-hydroxylation sites is 2. The van der Waals surface area contributed by atoms with Crippen LogP contribution in [-0.2, 0) is 15.6 Å². The molecule has 4 bridgehead atoms. The first-order valence-corrected chi connectivity index (χ1v) is 17.0. The lowest BCUT2D eigenvalue weighted by Crippen LogP contribution is -2.66. The summed E-state index contributed by atoms with van der Waals surface area (Å²) in [5.74, 6) is 2.20. The molecule has 0 aromatic heterocycles. The van der Waals surface area contributed by atoms with Crippen molar-refractivity contribution < 1.29 is 9.84 Å². The molecule has 7 heterocycles. The zero-order chi connectivity index (χ0) is 28.2. The Morgan fingerprint density at radius 3 is 2.42 bits per heavy atom. The minimum absolute atomic E-state index is 0.107. The Labute approximate surface area is 254 Å². The van der Waals surface area contributed by atoms with E-state index in [1.807, 2.05) is 0 Å². The quantitative estimate of drug-likeness (QED) is 0.484. The third-order valence-electron chi connectivity index (χ3n) is 14.5. The number of benzene rings is 2. The first-order chi connectivity index (χ1) is 21.1. The number of anilines is 2. The molecule has 2 saturated carbocycles. The van der Waals surface area contributed by atoms with E-state index in [0.29, 0.717) is 41.8 Å². The third-order valence-corrected chi connectivity index (χ3v) is 14.5. The highest BCUT2D eigenvalue weighted by Crippen LogP contribution is 2.66. The summed E-state index contributed by atoms with van der Waals surface area (Å²) in [6.07, 6.45) is 10.2. The number of nitrogens with zero attached hydrogens (tertiary/aromatic N) is 2. The monoisotopic (exact) mass is 574 g/mol. The highest BCUT2D eigenvalue weighted by Gasteiger charge is 2.69. The molecule has 7 aliphatic heterocycles. The Morgan fingerprint density at radius 2 is 1.63 bits per heavy atom. The number of aliphatic hydroxyl groups is 1. The molecule has 0 unspecified atom stereocenters. The SMILES string of the molecule is C[C@@H]1OC[C@H]2[C@@H]3C[C@H]4N(CC[C@]45c4ccccc4N[C@H]25)C(=CC2=CN4CC[C@]56c7ccccc7N[C@H]5[C@H](CO)[C@H]2C[C@H]46)[C@@H]31. The third kappa shape index (κ3) is 2.65. The fraction of sp³-hybridized carbons (Fsp3) is 0.568. The summed E-state index contributed by atoms with van der Waals surface area (Å²) < 4.78 is 6.70. The summed E-state index contributed by atoms with van der Waals surface area (Å²) in [5, 5.41) is 19.1. The van der Waals surface area contributed by atoms with Gasteiger partial charge >= 0.3 is 0 Å². The Hall–Kier alpha value is -2.96. The molecule has 12 atom stereocenters. The molecule has 6 fully saturated rings. The van der Waals surface area contributed by atoms with Crippen LogP contribution in [0, 0.1) is 29.6 Å². The van der Waals surface area contributed by atoms with Crippen molar-refractivity contribution >= 4 is 11.4 Å². The van der Waals surface area contributed by atoms with Crippen molar-refractivity contribution in [1.29, 1.82) is 0 Å². The van der Waals surface area contributed by atoms with Crippen LogP contribution >= 0.6 is 0 Å². The van der Waals surface area contributed by atoms with Crippen LogP contribution in [0.5, 0.6) is 0 Å². The van der Waals surface area contributed by atoms with E-state index < -0.39 is 0 Å². The maximum Gasteiger partial charge on any atom is 0.0632 e. The van der Waals surface area contributed by atoms with Crippen molar-refractivity contribution in [2.24, 2.45) is 29.6 Å². The molecule has 0 amide bonds. The highest BCUT2D eigenvalue weighted by molar-refractivity contribution is 5.66. The molecule has 6 heteroatoms. The molecular weight excluding hydrogens is 532 g/mol. The lowest BCUT2D eigenvalue weighted by molar-refractivity contribution is -0.130. The smallest absolute Gasteiger partial charge is 0.0632 e. The summed E-state index contributed by atoms with van der Waals surface area (Å²) in [7, 11) is 0. The van der Waals surface area contributed by atoms with E-state index in [0.717, 1.165) is 32.5 Å². The Balaban J connectivity index is 1.05. The van der Waals surface area contributed by atoms with Gasteiger partial charge in [-0.1, -0.05) is 36.4 Å². The number of piperidine rings is 1. The fourth-order valence-electron chi connectivity index (χ4n) is 13.0. The standard InChI is InChI=1S/C37H42N4O2/c1-20-33-23-16-32-37(27-7-3-5-9-29(27)39-35(37)25(23)19-43-20)11-13-41(32)30(33)14-21-17-40-12-10-36-26-6-2-4-8-28(26)38-34(36)24(18-42)22(21)15-31(36)40/h2-9,14,17,20,22-25,31-35,38-39,42H,10-13,15-16,18-19H2,1H3/t20-,22-,23-,24+,25-,31-,32+,33+,34-,35+,36+,37-/m0/s1. The average Bonchev–Trinajstić information content (AvgIpc) is 3.79. The first-order valence-electron chi connectivity index (χ1n) is 17.0. The van der Waals surface area contributed by atoms with Crippen LogP contribution in [0.15, 0.2) is 72.1 Å². The Bertz CT molecular complexity index is 1620. The molecule has 2 aliphatic carbocycles. The molecule has 11 rings (SSSR count). The molecule has 6 nitrogen and oxygen atoms in total. The molecule has 2 aromatic rings. The van der Waals surface area contributed by atoms with Crippen molar-refractivity contribution in [3.05, 3.63) is 83.2 Å². The van der Waals surface area contributed by atoms with Crippen LogP contribution in [0.25, 0.3) is 0 Å². The topological polar surface area (TPSA) is 60.0 Å². The number of hydrogen-bond acceptors (Lipinski definition) is 6. The van der Waals surface area contributed by atoms with Crippen LogP contribution in [0.4, 0.5) is 11.4 Å². The van der Waals surface area contributed by atoms with Crippen molar-refractivity contribution in [2.45, 2.75) is 73.7 Å². The molecule has 222 valence electrons. The van der Waals surface area contributed by atoms with Crippen LogP contribution in [0.3, 0.4) is 0 Å². The normalized spacial score (nSPS) is 47.8. The van der Waals surface area contributed by atoms with E-state index in [1.165, 1.54) is 35.4 Å². The van der Waals surface area contributed by atoms with Crippen LogP contribution in [-0.4, -0.2) is 71.5 Å². The van der Waals surface area contributed by atoms with Gasteiger partial charge in [-0.15, -0.1) is 0 Å². The van der Waals surface area contributed by atoms with E-state index in [-0.39, 0.29) is 35.5 Å². The fourth-order valence-corrected chi connectivity index (χ4v) is 13.0. The van der Waals surface area contributed by atoms with Crippen molar-refractivity contribution in [1.82, 2.24) is 9.80 Å². The number of nitrogens with one attached hydrogen (secondary N) is 2. The van der Waals surface area contributed by atoms with Crippen LogP contribution in [0.1, 0.15) is 43.7 Å². The summed E-state index contributed by atoms with van der Waals surface area (Å²) in [5.41, 5.74) is 8.96. The largest absolute Gasteiger partial charge is 0.396 e. The Kier molecular flexibility index (Phi) is 4.53. The second kappa shape index (κ2) is 8.00. The number of allylic oxidation sites excluding steroid dienone is 2. The van der Waals surface area contributed by atoms with Gasteiger partial charge in [-0.25, -0.2) is 0 Å². The summed E-state index contributed by atoms with van der Waals surface area (Å²) >= 11 is 0. The molecule has 43 heavy (non-hydrogen) atoms. The van der Waals surface area contributed by atoms with Crippen molar-refractivity contribution in [3.63, 3.8) is 0 Å². The number of ether oxygens (including phenoxy) is 1. The molecule has 2 aromatic carbocycles. The molecule has 9 aliphatic rings. The highest BCUT2D eigenvalue weighted by atomic mass is 16.5. The number of aliphatic hydroxyl groups excluding tert-OH is 1. The minimum atomic E-state index is 0.107. The second-order valence-corrected chi connectivity index (χ2v) is 15.4. The summed E-state index contributed by atoms with van der Waals surface area (Å²) in [4.78, 5) is 5.54. The van der Waals surface area contributed by atoms with Gasteiger partial charge in [0, 0.05) is 95.7 Å². The van der Waals surface area contributed by atoms with Crippen LogP contribution < -0.4 is 10.6 Å². The molecule has 0 radical (unpaired) electrons. The zero-order valence-corrected chi connectivity index (χ0v) is 25.0. The first kappa shape index (κ1) is 24.4. The second-order valence-electron chi connectivity index (χ2n) is 15.4. The van der Waals surface area contributed by atoms with Gasteiger partial charge in [0.05, 0.1) is 12.7 Å². The van der Waals surface area contributed by atoms with E-state index >= 15 is 0 Å². The maximum atomic E-state index is 11.1. The van der Waals surface area contributed by atoms with Gasteiger partial charge in [0.2, 0.25) is 0 Å². The van der Waals surface area contributed by atoms with E-state index in [9.17, 15) is 5.11 Å². The van der Waals surface area contributed by atoms with Gasteiger partial charge in [0.25, 0.3) is 0 Å². The molecule has 4 saturated heterocycles. The van der Waals surface area contributed by atoms with E-state index in [1.54, 1.807) is 11.3 Å². The number of fused-ring (bicyclic) bond motifs is 4. The lowest BCUT2D eigenvalue weighted by Gasteiger charge is -2.61. The molecule has 2 spiro atoms. The van der Waals surface area contributed by atoms with Crippen molar-refractivity contribution in [2.75, 3.05) is 36.9 Å². The van der Waals surface area contributed by atoms with Crippen LogP contribution in [0.2, 0.25) is 0 Å². The Morgan fingerprint density at radius 1 is 0.907 bits per heavy atom. The predicted molar refractivity (Wildman–Crippen MR) is 167 cm³/mol. The predicted octanol–water partition coefficient (Wildman–Crippen LogP) is 4.69. The van der Waals surface area contributed by atoms with Gasteiger partial charge < -0.3 is 30.3 Å². The summed E-state index contributed by atoms with van der Waals surface area (Å²) in [6, 6.07) is 20.0. The maximum absolute atomic E-state index is 11.1. The van der Waals surface area contributed by atoms with E-state index in [2.05, 4.69) is 88.2 Å². The van der Waals surface area contributed by atoms with Gasteiger partial charge in [0.15, 0.2) is 0 Å². The zero-order valence-electron chi connectivity index (χ0n) is 25.0. The summed E-state index contributed by atoms with van der Waals surface area (Å²) in [6.45, 7) is 5.67. The van der Waals surface area contributed by atoms with Gasteiger partial charge in [-0.05, 0) is 79.4 Å². The van der Waals surface area contributed by atoms with Gasteiger partial charge in [-0.2, -0.15) is 0 Å².